The predicted octanol–water partition coefficient (Wildman–Crippen LogP) is 1.18. The molecular formula is C11H15ClN2O2. The number of hydrogen-bond acceptors (Lipinski definition) is 3. The molecule has 0 aromatic heterocycles. The molecule has 0 unspecified atom stereocenters. The summed E-state index contributed by atoms with van der Waals surface area (Å²) in [5.74, 6) is 0.643. The number of nitrogens with one attached hydrogen (secondary N) is 2. The lowest BCUT2D eigenvalue weighted by atomic mass is 10.2. The second kappa shape index (κ2) is 6.35. The van der Waals surface area contributed by atoms with E-state index in [4.69, 9.17) is 16.3 Å². The highest BCUT2D eigenvalue weighted by Crippen LogP contribution is 2.21. The van der Waals surface area contributed by atoms with Gasteiger partial charge < -0.3 is 15.4 Å². The fourth-order valence-corrected chi connectivity index (χ4v) is 1.45. The standard InChI is InChI=1S/C11H15ClN2O2/c1-13-7-11(15)14-6-8-3-4-9(16-2)5-10(8)12/h3-5,13H,6-7H2,1-2H3,(H,14,15). The predicted molar refractivity (Wildman–Crippen MR) is 63.8 cm³/mol. The molecule has 0 spiro atoms. The van der Waals surface area contributed by atoms with Crippen LogP contribution < -0.4 is 15.4 Å². The molecule has 0 saturated carbocycles. The van der Waals surface area contributed by atoms with Gasteiger partial charge in [0.1, 0.15) is 5.75 Å². The summed E-state index contributed by atoms with van der Waals surface area (Å²) in [5.41, 5.74) is 0.868. The summed E-state index contributed by atoms with van der Waals surface area (Å²) in [5, 5.41) is 6.11. The van der Waals surface area contributed by atoms with Crippen LogP contribution in [-0.4, -0.2) is 26.6 Å². The van der Waals surface area contributed by atoms with Crippen molar-refractivity contribution in [2.24, 2.45) is 0 Å². The zero-order chi connectivity index (χ0) is 12.0. The molecule has 2 N–H and O–H groups in total. The van der Waals surface area contributed by atoms with Gasteiger partial charge in [-0.3, -0.25) is 4.79 Å². The first kappa shape index (κ1) is 12.8. The van der Waals surface area contributed by atoms with Gasteiger partial charge in [-0.25, -0.2) is 0 Å². The minimum Gasteiger partial charge on any atom is -0.497 e. The largest absolute Gasteiger partial charge is 0.497 e. The van der Waals surface area contributed by atoms with Crippen molar-refractivity contribution >= 4 is 17.5 Å². The molecule has 0 bridgehead atoms. The highest BCUT2D eigenvalue weighted by molar-refractivity contribution is 6.31. The van der Waals surface area contributed by atoms with Crippen LogP contribution in [-0.2, 0) is 11.3 Å². The molecule has 0 aliphatic heterocycles. The Kier molecular flexibility index (Phi) is 5.08. The van der Waals surface area contributed by atoms with E-state index in [1.165, 1.54) is 0 Å². The average molecular weight is 243 g/mol. The number of halogens is 1. The molecule has 0 aliphatic rings. The zero-order valence-electron chi connectivity index (χ0n) is 9.34. The van der Waals surface area contributed by atoms with E-state index in [-0.39, 0.29) is 5.91 Å². The van der Waals surface area contributed by atoms with Crippen LogP contribution in [0.5, 0.6) is 5.75 Å². The lowest BCUT2D eigenvalue weighted by Crippen LogP contribution is -2.31. The Morgan fingerprint density at radius 1 is 1.50 bits per heavy atom. The van der Waals surface area contributed by atoms with Crippen LogP contribution in [0.3, 0.4) is 0 Å². The maximum atomic E-state index is 11.2. The normalized spacial score (nSPS) is 9.94. The SMILES string of the molecule is CNCC(=O)NCc1ccc(OC)cc1Cl. The van der Waals surface area contributed by atoms with Crippen molar-refractivity contribution in [1.29, 1.82) is 0 Å². The van der Waals surface area contributed by atoms with E-state index in [9.17, 15) is 4.79 Å². The van der Waals surface area contributed by atoms with Crippen molar-refractivity contribution in [3.8, 4) is 5.75 Å². The van der Waals surface area contributed by atoms with Crippen LogP contribution in [0.1, 0.15) is 5.56 Å². The van der Waals surface area contributed by atoms with E-state index in [2.05, 4.69) is 10.6 Å². The number of carbonyl (C=O) groups excluding carboxylic acids is 1. The van der Waals surface area contributed by atoms with Gasteiger partial charge in [-0.15, -0.1) is 0 Å². The van der Waals surface area contributed by atoms with E-state index < -0.39 is 0 Å². The number of likely N-dealkylation sites (N-methyl/N-ethyl adjacent to an activating group) is 1. The molecule has 0 atom stereocenters. The van der Waals surface area contributed by atoms with Crippen LogP contribution in [0.2, 0.25) is 5.02 Å². The van der Waals surface area contributed by atoms with E-state index in [0.717, 1.165) is 5.56 Å². The van der Waals surface area contributed by atoms with E-state index >= 15 is 0 Å². The highest BCUT2D eigenvalue weighted by Gasteiger charge is 2.04. The van der Waals surface area contributed by atoms with Gasteiger partial charge in [0.15, 0.2) is 0 Å². The van der Waals surface area contributed by atoms with Crippen molar-refractivity contribution in [3.63, 3.8) is 0 Å². The molecule has 0 heterocycles. The Bertz CT molecular complexity index is 369. The molecular weight excluding hydrogens is 228 g/mol. The van der Waals surface area contributed by atoms with Gasteiger partial charge in [-0.05, 0) is 24.7 Å². The molecule has 0 saturated heterocycles. The Balaban J connectivity index is 2.57. The molecule has 16 heavy (non-hydrogen) atoms. The Labute approximate surface area is 99.9 Å². The van der Waals surface area contributed by atoms with Crippen LogP contribution in [0.4, 0.5) is 0 Å². The van der Waals surface area contributed by atoms with Crippen molar-refractivity contribution < 1.29 is 9.53 Å². The maximum absolute atomic E-state index is 11.2. The summed E-state index contributed by atoms with van der Waals surface area (Å²) in [6.07, 6.45) is 0. The number of methoxy groups -OCH3 is 1. The van der Waals surface area contributed by atoms with Gasteiger partial charge in [0.25, 0.3) is 0 Å². The highest BCUT2D eigenvalue weighted by atomic mass is 35.5. The number of carbonyl (C=O) groups is 1. The van der Waals surface area contributed by atoms with Crippen LogP contribution in [0.25, 0.3) is 0 Å². The lowest BCUT2D eigenvalue weighted by Gasteiger charge is -2.08. The first-order valence-corrected chi connectivity index (χ1v) is 5.29. The number of ether oxygens (including phenoxy) is 1. The van der Waals surface area contributed by atoms with E-state index in [0.29, 0.717) is 23.9 Å². The molecule has 0 fully saturated rings. The monoisotopic (exact) mass is 242 g/mol. The quantitative estimate of drug-likeness (QED) is 0.816. The lowest BCUT2D eigenvalue weighted by molar-refractivity contribution is -0.120. The van der Waals surface area contributed by atoms with Gasteiger partial charge in [0, 0.05) is 11.6 Å². The van der Waals surface area contributed by atoms with Gasteiger partial charge in [-0.2, -0.15) is 0 Å². The third-order valence-corrected chi connectivity index (χ3v) is 2.43. The number of amides is 1. The topological polar surface area (TPSA) is 50.4 Å². The van der Waals surface area contributed by atoms with Crippen LogP contribution in [0.15, 0.2) is 18.2 Å². The third kappa shape index (κ3) is 3.72. The Morgan fingerprint density at radius 2 is 2.25 bits per heavy atom. The Morgan fingerprint density at radius 3 is 2.81 bits per heavy atom. The summed E-state index contributed by atoms with van der Waals surface area (Å²) < 4.78 is 5.03. The van der Waals surface area contributed by atoms with Crippen molar-refractivity contribution in [2.45, 2.75) is 6.54 Å². The summed E-state index contributed by atoms with van der Waals surface area (Å²) in [4.78, 5) is 11.2. The number of hydrogen-bond donors (Lipinski definition) is 2. The molecule has 0 radical (unpaired) electrons. The van der Waals surface area contributed by atoms with Crippen molar-refractivity contribution in [2.75, 3.05) is 20.7 Å². The first-order valence-electron chi connectivity index (χ1n) is 4.91. The molecule has 4 nitrogen and oxygen atoms in total. The number of benzene rings is 1. The minimum absolute atomic E-state index is 0.0608. The maximum Gasteiger partial charge on any atom is 0.234 e. The third-order valence-electron chi connectivity index (χ3n) is 2.07. The first-order chi connectivity index (χ1) is 7.67. The molecule has 5 heteroatoms. The van der Waals surface area contributed by atoms with E-state index in [1.54, 1.807) is 20.2 Å². The van der Waals surface area contributed by atoms with Gasteiger partial charge >= 0.3 is 0 Å². The molecule has 1 aromatic carbocycles. The van der Waals surface area contributed by atoms with Crippen molar-refractivity contribution in [3.05, 3.63) is 28.8 Å². The molecule has 1 rings (SSSR count). The summed E-state index contributed by atoms with van der Waals surface area (Å²) in [7, 11) is 3.31. The molecule has 1 aromatic rings. The Hall–Kier alpha value is -1.26. The van der Waals surface area contributed by atoms with Gasteiger partial charge in [0.05, 0.1) is 13.7 Å². The summed E-state index contributed by atoms with van der Waals surface area (Å²) in [6.45, 7) is 0.719. The smallest absolute Gasteiger partial charge is 0.234 e. The molecule has 88 valence electrons. The second-order valence-electron chi connectivity index (χ2n) is 3.26. The summed E-state index contributed by atoms with van der Waals surface area (Å²) >= 11 is 6.02. The average Bonchev–Trinajstić information content (AvgIpc) is 2.27. The fourth-order valence-electron chi connectivity index (χ4n) is 1.22. The molecule has 1 amide bonds. The molecule has 0 aliphatic carbocycles. The van der Waals surface area contributed by atoms with E-state index in [1.807, 2.05) is 12.1 Å². The van der Waals surface area contributed by atoms with Crippen LogP contribution in [0, 0.1) is 0 Å². The van der Waals surface area contributed by atoms with Crippen LogP contribution >= 0.6 is 11.6 Å². The zero-order valence-corrected chi connectivity index (χ0v) is 10.1. The second-order valence-corrected chi connectivity index (χ2v) is 3.67. The van der Waals surface area contributed by atoms with Gasteiger partial charge in [-0.1, -0.05) is 17.7 Å². The number of rotatable bonds is 5. The fraction of sp³-hybridized carbons (Fsp3) is 0.364. The summed E-state index contributed by atoms with van der Waals surface area (Å²) in [6, 6.07) is 5.37. The minimum atomic E-state index is -0.0608. The van der Waals surface area contributed by atoms with Gasteiger partial charge in [0.2, 0.25) is 5.91 Å². The van der Waals surface area contributed by atoms with Crippen molar-refractivity contribution in [1.82, 2.24) is 10.6 Å².